The quantitative estimate of drug-likeness (QED) is 0.549. The third kappa shape index (κ3) is 2.26. The molecule has 0 radical (unpaired) electrons. The second-order valence-electron chi connectivity index (χ2n) is 6.36. The molecule has 0 aromatic carbocycles. The highest BCUT2D eigenvalue weighted by molar-refractivity contribution is 5.10. The Morgan fingerprint density at radius 2 is 1.71 bits per heavy atom. The van der Waals surface area contributed by atoms with Crippen LogP contribution in [-0.2, 0) is 4.74 Å². The first-order valence-corrected chi connectivity index (χ1v) is 6.92. The summed E-state index contributed by atoms with van der Waals surface area (Å²) in [6, 6.07) is 2.01. The Hall–Kier alpha value is -0.810. The second kappa shape index (κ2) is 4.46. The second-order valence-corrected chi connectivity index (χ2v) is 6.36. The largest absolute Gasteiger partial charge is 0.362 e. The van der Waals surface area contributed by atoms with Crippen LogP contribution in [0.1, 0.15) is 38.5 Å². The molecule has 4 fully saturated rings. The molecule has 0 heterocycles. The first-order valence-electron chi connectivity index (χ1n) is 6.92. The molecule has 0 spiro atoms. The predicted octanol–water partition coefficient (Wildman–Crippen LogP) is 3.30. The van der Waals surface area contributed by atoms with E-state index in [1.54, 1.807) is 0 Å². The van der Waals surface area contributed by atoms with Crippen LogP contribution in [-0.4, -0.2) is 13.2 Å². The number of allylic oxidation sites excluding steroid dienone is 1. The van der Waals surface area contributed by atoms with E-state index in [9.17, 15) is 0 Å². The monoisotopic (exact) mass is 231 g/mol. The van der Waals surface area contributed by atoms with Gasteiger partial charge in [-0.15, -0.1) is 0 Å². The van der Waals surface area contributed by atoms with E-state index < -0.39 is 0 Å². The van der Waals surface area contributed by atoms with Gasteiger partial charge in [0.2, 0.25) is 0 Å². The maximum Gasteiger partial charge on any atom is 0.134 e. The third-order valence-electron chi connectivity index (χ3n) is 4.94. The van der Waals surface area contributed by atoms with Gasteiger partial charge < -0.3 is 4.74 Å². The Bertz CT molecular complexity index is 317. The van der Waals surface area contributed by atoms with Crippen molar-refractivity contribution in [2.75, 3.05) is 13.2 Å². The molecule has 0 N–H and O–H groups in total. The van der Waals surface area contributed by atoms with Crippen LogP contribution in [0.2, 0.25) is 0 Å². The van der Waals surface area contributed by atoms with Crippen molar-refractivity contribution in [2.24, 2.45) is 23.2 Å². The lowest BCUT2D eigenvalue weighted by molar-refractivity contribution is -0.0240. The van der Waals surface area contributed by atoms with Gasteiger partial charge in [0, 0.05) is 0 Å². The van der Waals surface area contributed by atoms with Gasteiger partial charge in [0.25, 0.3) is 0 Å². The van der Waals surface area contributed by atoms with E-state index in [0.29, 0.717) is 12.0 Å². The van der Waals surface area contributed by atoms with E-state index in [1.165, 1.54) is 38.5 Å². The number of rotatable bonds is 4. The highest BCUT2D eigenvalue weighted by atomic mass is 16.5. The van der Waals surface area contributed by atoms with E-state index in [-0.39, 0.29) is 6.61 Å². The molecule has 2 nitrogen and oxygen atoms in total. The molecule has 0 aromatic rings. The summed E-state index contributed by atoms with van der Waals surface area (Å²) in [6.45, 7) is 0.820. The molecular formula is C15H21NO. The Balaban J connectivity index is 1.60. The van der Waals surface area contributed by atoms with Gasteiger partial charge in [-0.2, -0.15) is 5.26 Å². The van der Waals surface area contributed by atoms with Gasteiger partial charge in [-0.3, -0.25) is 0 Å². The van der Waals surface area contributed by atoms with Crippen molar-refractivity contribution in [3.63, 3.8) is 0 Å². The minimum atomic E-state index is 0.214. The van der Waals surface area contributed by atoms with E-state index >= 15 is 0 Å². The molecule has 0 amide bonds. The highest BCUT2D eigenvalue weighted by Crippen LogP contribution is 2.60. The van der Waals surface area contributed by atoms with Crippen LogP contribution < -0.4 is 0 Å². The Morgan fingerprint density at radius 3 is 2.24 bits per heavy atom. The van der Waals surface area contributed by atoms with Crippen LogP contribution in [0.3, 0.4) is 0 Å². The normalized spacial score (nSPS) is 43.1. The molecule has 0 aromatic heterocycles. The summed E-state index contributed by atoms with van der Waals surface area (Å²) in [5, 5.41) is 8.40. The Kier molecular flexibility index (Phi) is 2.96. The zero-order valence-electron chi connectivity index (χ0n) is 10.4. The number of hydrogen-bond donors (Lipinski definition) is 0. The highest BCUT2D eigenvalue weighted by Gasteiger charge is 2.49. The Labute approximate surface area is 104 Å². The molecule has 4 rings (SSSR count). The molecule has 0 saturated heterocycles. The molecular weight excluding hydrogens is 210 g/mol. The number of nitriles is 1. The fraction of sp³-hybridized carbons (Fsp3) is 0.800. The summed E-state index contributed by atoms with van der Waals surface area (Å²) in [4.78, 5) is 0. The maximum absolute atomic E-state index is 8.40. The summed E-state index contributed by atoms with van der Waals surface area (Å²) in [5.74, 6) is 3.02. The predicted molar refractivity (Wildman–Crippen MR) is 66.2 cm³/mol. The minimum absolute atomic E-state index is 0.214. The van der Waals surface area contributed by atoms with Crippen molar-refractivity contribution in [1.29, 1.82) is 5.26 Å². The van der Waals surface area contributed by atoms with Crippen molar-refractivity contribution in [3.8, 4) is 6.07 Å². The van der Waals surface area contributed by atoms with Crippen LogP contribution in [0.5, 0.6) is 0 Å². The average Bonchev–Trinajstić information content (AvgIpc) is 2.26. The molecule has 92 valence electrons. The molecule has 0 aliphatic heterocycles. The minimum Gasteiger partial charge on any atom is -0.362 e. The molecule has 17 heavy (non-hydrogen) atoms. The van der Waals surface area contributed by atoms with Crippen molar-refractivity contribution in [3.05, 3.63) is 12.2 Å². The van der Waals surface area contributed by atoms with E-state index in [4.69, 9.17) is 10.00 Å². The SMILES string of the molecule is N#CCOC/C=C/C12CC3CC(CC(C3)C1)C2. The first kappa shape index (κ1) is 11.3. The van der Waals surface area contributed by atoms with Crippen molar-refractivity contribution in [1.82, 2.24) is 0 Å². The van der Waals surface area contributed by atoms with Crippen LogP contribution in [0.15, 0.2) is 12.2 Å². The molecule has 4 saturated carbocycles. The van der Waals surface area contributed by atoms with Crippen molar-refractivity contribution >= 4 is 0 Å². The van der Waals surface area contributed by atoms with Crippen molar-refractivity contribution in [2.45, 2.75) is 38.5 Å². The van der Waals surface area contributed by atoms with Gasteiger partial charge in [0.05, 0.1) is 12.7 Å². The summed E-state index contributed by atoms with van der Waals surface area (Å²) in [7, 11) is 0. The number of nitrogens with zero attached hydrogens (tertiary/aromatic N) is 1. The summed E-state index contributed by atoms with van der Waals surface area (Å²) < 4.78 is 5.20. The number of hydrogen-bond acceptors (Lipinski definition) is 2. The van der Waals surface area contributed by atoms with E-state index in [2.05, 4.69) is 12.2 Å². The van der Waals surface area contributed by atoms with Gasteiger partial charge in [-0.1, -0.05) is 12.2 Å². The molecule has 0 unspecified atom stereocenters. The summed E-state index contributed by atoms with van der Waals surface area (Å²) in [6.07, 6.45) is 13.3. The zero-order valence-corrected chi connectivity index (χ0v) is 10.4. The fourth-order valence-electron chi connectivity index (χ4n) is 4.85. The standard InChI is InChI=1S/C15H21NO/c16-3-5-17-4-1-2-15-9-12-6-13(10-15)8-14(7-12)11-15/h1-2,12-14H,4-11H2/b2-1+. The maximum atomic E-state index is 8.40. The van der Waals surface area contributed by atoms with Gasteiger partial charge >= 0.3 is 0 Å². The van der Waals surface area contributed by atoms with Crippen molar-refractivity contribution < 1.29 is 4.74 Å². The van der Waals surface area contributed by atoms with Gasteiger partial charge in [-0.05, 0) is 61.7 Å². The van der Waals surface area contributed by atoms with E-state index in [1.807, 2.05) is 6.07 Å². The first-order chi connectivity index (χ1) is 8.30. The topological polar surface area (TPSA) is 33.0 Å². The molecule has 0 atom stereocenters. The average molecular weight is 231 g/mol. The third-order valence-corrected chi connectivity index (χ3v) is 4.94. The molecule has 4 aliphatic carbocycles. The Morgan fingerprint density at radius 1 is 1.12 bits per heavy atom. The lowest BCUT2D eigenvalue weighted by Crippen LogP contribution is -2.45. The van der Waals surface area contributed by atoms with Crippen LogP contribution in [0.25, 0.3) is 0 Å². The summed E-state index contributed by atoms with van der Waals surface area (Å²) in [5.41, 5.74) is 0.505. The van der Waals surface area contributed by atoms with Crippen LogP contribution >= 0.6 is 0 Å². The van der Waals surface area contributed by atoms with Gasteiger partial charge in [-0.25, -0.2) is 0 Å². The smallest absolute Gasteiger partial charge is 0.134 e. The number of ether oxygens (including phenoxy) is 1. The fourth-order valence-corrected chi connectivity index (χ4v) is 4.85. The molecule has 4 aliphatic rings. The lowest BCUT2D eigenvalue weighted by atomic mass is 9.49. The molecule has 2 heteroatoms. The van der Waals surface area contributed by atoms with Gasteiger partial charge in [0.1, 0.15) is 6.61 Å². The lowest BCUT2D eigenvalue weighted by Gasteiger charge is -2.55. The summed E-state index contributed by atoms with van der Waals surface area (Å²) >= 11 is 0. The molecule has 4 bridgehead atoms. The van der Waals surface area contributed by atoms with Gasteiger partial charge in [0.15, 0.2) is 0 Å². The van der Waals surface area contributed by atoms with E-state index in [0.717, 1.165) is 17.8 Å². The van der Waals surface area contributed by atoms with Crippen LogP contribution in [0.4, 0.5) is 0 Å². The zero-order chi connectivity index (χ0) is 11.7. The van der Waals surface area contributed by atoms with Crippen LogP contribution in [0, 0.1) is 34.5 Å².